The smallest absolute Gasteiger partial charge is 0.134 e. The van der Waals surface area contributed by atoms with E-state index in [2.05, 4.69) is 15.3 Å². The van der Waals surface area contributed by atoms with Crippen LogP contribution in [0, 0.1) is 6.92 Å². The molecule has 5 nitrogen and oxygen atoms in total. The Kier molecular flexibility index (Phi) is 4.14. The zero-order chi connectivity index (χ0) is 12.1. The standard InChI is InChI=1S/C12H20N4O/c1-9-11(13)15-8-16-12(9)14-6-5-10-4-2-3-7-17-10/h8,10H,2-7H2,1H3,(H3,13,14,15,16). The summed E-state index contributed by atoms with van der Waals surface area (Å²) < 4.78 is 5.67. The van der Waals surface area contributed by atoms with Gasteiger partial charge in [-0.1, -0.05) is 0 Å². The highest BCUT2D eigenvalue weighted by Crippen LogP contribution is 2.17. The van der Waals surface area contributed by atoms with Crippen molar-refractivity contribution in [1.29, 1.82) is 0 Å². The topological polar surface area (TPSA) is 73.1 Å². The van der Waals surface area contributed by atoms with Gasteiger partial charge in [-0.2, -0.15) is 0 Å². The second kappa shape index (κ2) is 5.82. The Labute approximate surface area is 102 Å². The van der Waals surface area contributed by atoms with E-state index >= 15 is 0 Å². The zero-order valence-electron chi connectivity index (χ0n) is 10.3. The first-order chi connectivity index (χ1) is 8.27. The van der Waals surface area contributed by atoms with Crippen LogP contribution in [0.15, 0.2) is 6.33 Å². The number of anilines is 2. The number of ether oxygens (including phenoxy) is 1. The van der Waals surface area contributed by atoms with Gasteiger partial charge in [-0.15, -0.1) is 0 Å². The van der Waals surface area contributed by atoms with E-state index in [-0.39, 0.29) is 0 Å². The fraction of sp³-hybridized carbons (Fsp3) is 0.667. The average Bonchev–Trinajstić information content (AvgIpc) is 2.36. The predicted molar refractivity (Wildman–Crippen MR) is 67.9 cm³/mol. The molecule has 3 N–H and O–H groups in total. The van der Waals surface area contributed by atoms with E-state index in [4.69, 9.17) is 10.5 Å². The molecule has 0 aliphatic carbocycles. The largest absolute Gasteiger partial charge is 0.383 e. The van der Waals surface area contributed by atoms with Crippen molar-refractivity contribution in [3.05, 3.63) is 11.9 Å². The van der Waals surface area contributed by atoms with Crippen LogP contribution in [0.3, 0.4) is 0 Å². The van der Waals surface area contributed by atoms with E-state index in [1.54, 1.807) is 0 Å². The van der Waals surface area contributed by atoms with Gasteiger partial charge < -0.3 is 15.8 Å². The van der Waals surface area contributed by atoms with Gasteiger partial charge in [0.15, 0.2) is 0 Å². The molecule has 0 spiro atoms. The van der Waals surface area contributed by atoms with Crippen LogP contribution in [0.4, 0.5) is 11.6 Å². The summed E-state index contributed by atoms with van der Waals surface area (Å²) in [5, 5.41) is 3.29. The van der Waals surface area contributed by atoms with Crippen molar-refractivity contribution in [1.82, 2.24) is 9.97 Å². The van der Waals surface area contributed by atoms with Gasteiger partial charge in [0.25, 0.3) is 0 Å². The molecular formula is C12H20N4O. The summed E-state index contributed by atoms with van der Waals surface area (Å²) in [6.45, 7) is 3.70. The number of nitrogens with two attached hydrogens (primary N) is 1. The van der Waals surface area contributed by atoms with Gasteiger partial charge in [0.05, 0.1) is 6.10 Å². The van der Waals surface area contributed by atoms with Gasteiger partial charge >= 0.3 is 0 Å². The maximum atomic E-state index is 5.72. The molecule has 5 heteroatoms. The third-order valence-electron chi connectivity index (χ3n) is 3.16. The van der Waals surface area contributed by atoms with Gasteiger partial charge in [-0.05, 0) is 32.6 Å². The second-order valence-corrected chi connectivity index (χ2v) is 4.44. The van der Waals surface area contributed by atoms with E-state index < -0.39 is 0 Å². The molecule has 1 fully saturated rings. The molecule has 1 unspecified atom stereocenters. The van der Waals surface area contributed by atoms with Crippen LogP contribution in [0.2, 0.25) is 0 Å². The Morgan fingerprint density at radius 1 is 1.47 bits per heavy atom. The molecule has 0 bridgehead atoms. The Morgan fingerprint density at radius 3 is 3.12 bits per heavy atom. The molecule has 1 atom stereocenters. The molecule has 1 aromatic heterocycles. The first kappa shape index (κ1) is 12.1. The van der Waals surface area contributed by atoms with Crippen LogP contribution in [-0.2, 0) is 4.74 Å². The summed E-state index contributed by atoms with van der Waals surface area (Å²) >= 11 is 0. The van der Waals surface area contributed by atoms with E-state index in [1.165, 1.54) is 25.6 Å². The van der Waals surface area contributed by atoms with Crippen LogP contribution in [0.1, 0.15) is 31.2 Å². The Morgan fingerprint density at radius 2 is 2.35 bits per heavy atom. The lowest BCUT2D eigenvalue weighted by Crippen LogP contribution is -2.22. The van der Waals surface area contributed by atoms with Crippen molar-refractivity contribution in [3.63, 3.8) is 0 Å². The first-order valence-electron chi connectivity index (χ1n) is 6.20. The molecule has 0 aromatic carbocycles. The van der Waals surface area contributed by atoms with Gasteiger partial charge in [-0.25, -0.2) is 9.97 Å². The fourth-order valence-electron chi connectivity index (χ4n) is 2.03. The van der Waals surface area contributed by atoms with Crippen molar-refractivity contribution in [2.24, 2.45) is 0 Å². The van der Waals surface area contributed by atoms with Crippen LogP contribution in [0.5, 0.6) is 0 Å². The minimum Gasteiger partial charge on any atom is -0.383 e. The average molecular weight is 236 g/mol. The number of nitrogen functional groups attached to an aromatic ring is 1. The summed E-state index contributed by atoms with van der Waals surface area (Å²) in [4.78, 5) is 8.12. The summed E-state index contributed by atoms with van der Waals surface area (Å²) in [7, 11) is 0. The third-order valence-corrected chi connectivity index (χ3v) is 3.16. The molecule has 1 aliphatic heterocycles. The van der Waals surface area contributed by atoms with Gasteiger partial charge in [0, 0.05) is 18.7 Å². The second-order valence-electron chi connectivity index (χ2n) is 4.44. The maximum Gasteiger partial charge on any atom is 0.134 e. The Bertz CT molecular complexity index is 364. The number of nitrogens with one attached hydrogen (secondary N) is 1. The summed E-state index contributed by atoms with van der Waals surface area (Å²) in [6, 6.07) is 0. The normalized spacial score (nSPS) is 20.2. The van der Waals surface area contributed by atoms with Crippen LogP contribution in [-0.4, -0.2) is 29.2 Å². The predicted octanol–water partition coefficient (Wildman–Crippen LogP) is 1.74. The van der Waals surface area contributed by atoms with Crippen molar-refractivity contribution in [2.75, 3.05) is 24.2 Å². The van der Waals surface area contributed by atoms with Gasteiger partial charge in [0.1, 0.15) is 18.0 Å². The zero-order valence-corrected chi connectivity index (χ0v) is 10.3. The SMILES string of the molecule is Cc1c(N)ncnc1NCCC1CCCCO1. The lowest BCUT2D eigenvalue weighted by molar-refractivity contribution is 0.0134. The summed E-state index contributed by atoms with van der Waals surface area (Å²) in [6.07, 6.45) is 6.56. The molecule has 2 heterocycles. The summed E-state index contributed by atoms with van der Waals surface area (Å²) in [5.74, 6) is 1.37. The van der Waals surface area contributed by atoms with Crippen LogP contribution >= 0.6 is 0 Å². The van der Waals surface area contributed by atoms with E-state index in [0.29, 0.717) is 11.9 Å². The Balaban J connectivity index is 1.79. The maximum absolute atomic E-state index is 5.72. The van der Waals surface area contributed by atoms with E-state index in [1.807, 2.05) is 6.92 Å². The van der Waals surface area contributed by atoms with Gasteiger partial charge in [-0.3, -0.25) is 0 Å². The molecule has 1 aliphatic rings. The Hall–Kier alpha value is -1.36. The monoisotopic (exact) mass is 236 g/mol. The minimum absolute atomic E-state index is 0.399. The van der Waals surface area contributed by atoms with Crippen molar-refractivity contribution in [3.8, 4) is 0 Å². The first-order valence-corrected chi connectivity index (χ1v) is 6.20. The highest BCUT2D eigenvalue weighted by molar-refractivity contribution is 5.53. The molecule has 94 valence electrons. The number of rotatable bonds is 4. The van der Waals surface area contributed by atoms with Crippen LogP contribution < -0.4 is 11.1 Å². The number of aromatic nitrogens is 2. The molecule has 17 heavy (non-hydrogen) atoms. The minimum atomic E-state index is 0.399. The third kappa shape index (κ3) is 3.30. The molecule has 0 saturated carbocycles. The lowest BCUT2D eigenvalue weighted by Gasteiger charge is -2.22. The molecule has 1 saturated heterocycles. The van der Waals surface area contributed by atoms with Crippen molar-refractivity contribution < 1.29 is 4.74 Å². The summed E-state index contributed by atoms with van der Waals surface area (Å²) in [5.41, 5.74) is 6.63. The highest BCUT2D eigenvalue weighted by atomic mass is 16.5. The fourth-order valence-corrected chi connectivity index (χ4v) is 2.03. The number of hydrogen-bond donors (Lipinski definition) is 2. The van der Waals surface area contributed by atoms with E-state index in [0.717, 1.165) is 31.0 Å². The van der Waals surface area contributed by atoms with E-state index in [9.17, 15) is 0 Å². The molecule has 1 aromatic rings. The highest BCUT2D eigenvalue weighted by Gasteiger charge is 2.13. The molecule has 0 amide bonds. The number of nitrogens with zero attached hydrogens (tertiary/aromatic N) is 2. The van der Waals surface area contributed by atoms with Crippen molar-refractivity contribution in [2.45, 2.75) is 38.7 Å². The number of hydrogen-bond acceptors (Lipinski definition) is 5. The van der Waals surface area contributed by atoms with Crippen molar-refractivity contribution >= 4 is 11.6 Å². The lowest BCUT2D eigenvalue weighted by atomic mass is 10.1. The molecular weight excluding hydrogens is 216 g/mol. The van der Waals surface area contributed by atoms with Crippen LogP contribution in [0.25, 0.3) is 0 Å². The quantitative estimate of drug-likeness (QED) is 0.833. The van der Waals surface area contributed by atoms with Gasteiger partial charge in [0.2, 0.25) is 0 Å². The molecule has 0 radical (unpaired) electrons. The molecule has 2 rings (SSSR count).